The Labute approximate surface area is 177 Å². The second-order valence-electron chi connectivity index (χ2n) is 6.47. The number of likely N-dealkylation sites (tertiary alicyclic amines) is 1. The Hall–Kier alpha value is -2.15. The zero-order chi connectivity index (χ0) is 20.3. The third-order valence-corrected chi connectivity index (χ3v) is 5.51. The summed E-state index contributed by atoms with van der Waals surface area (Å²) in [7, 11) is 0. The standard InChI is InChI=1S/C19H18Cl3N3O3/c20-12-1-4-17(26)16(9-12)24-18(27)11-5-7-25(8-6-11)19(28)23-13-2-3-14(21)15(22)10-13/h1-4,9-11,26H,5-8H2,(H,23,28)(H,24,27). The van der Waals surface area contributed by atoms with Gasteiger partial charge in [-0.05, 0) is 49.2 Å². The van der Waals surface area contributed by atoms with E-state index in [0.29, 0.717) is 46.7 Å². The van der Waals surface area contributed by atoms with Gasteiger partial charge in [-0.2, -0.15) is 0 Å². The first-order valence-electron chi connectivity index (χ1n) is 8.64. The fraction of sp³-hybridized carbons (Fsp3) is 0.263. The summed E-state index contributed by atoms with van der Waals surface area (Å²) in [5.41, 5.74) is 0.827. The number of phenolic OH excluding ortho intramolecular Hbond substituents is 1. The average Bonchev–Trinajstić information content (AvgIpc) is 2.67. The van der Waals surface area contributed by atoms with Gasteiger partial charge in [-0.15, -0.1) is 0 Å². The number of halogens is 3. The van der Waals surface area contributed by atoms with Gasteiger partial charge in [0, 0.05) is 29.7 Å². The molecule has 0 aromatic heterocycles. The van der Waals surface area contributed by atoms with Crippen molar-refractivity contribution >= 4 is 58.1 Å². The predicted octanol–water partition coefficient (Wildman–Crippen LogP) is 5.24. The Balaban J connectivity index is 1.53. The number of anilines is 2. The third kappa shape index (κ3) is 5.01. The number of nitrogens with zero attached hydrogens (tertiary/aromatic N) is 1. The van der Waals surface area contributed by atoms with Crippen molar-refractivity contribution in [2.24, 2.45) is 5.92 Å². The molecule has 3 amide bonds. The normalized spacial score (nSPS) is 14.6. The molecular formula is C19H18Cl3N3O3. The number of benzene rings is 2. The predicted molar refractivity (Wildman–Crippen MR) is 112 cm³/mol. The highest BCUT2D eigenvalue weighted by Gasteiger charge is 2.28. The van der Waals surface area contributed by atoms with E-state index in [1.54, 1.807) is 23.1 Å². The SMILES string of the molecule is O=C(Nc1cc(Cl)ccc1O)C1CCN(C(=O)Nc2ccc(Cl)c(Cl)c2)CC1. The minimum atomic E-state index is -0.260. The monoisotopic (exact) mass is 441 g/mol. The molecular weight excluding hydrogens is 425 g/mol. The Morgan fingerprint density at radius 1 is 0.964 bits per heavy atom. The van der Waals surface area contributed by atoms with Crippen LogP contribution in [0, 0.1) is 5.92 Å². The molecule has 0 unspecified atom stereocenters. The quantitative estimate of drug-likeness (QED) is 0.569. The number of urea groups is 1. The molecule has 3 rings (SSSR count). The highest BCUT2D eigenvalue weighted by atomic mass is 35.5. The van der Waals surface area contributed by atoms with Gasteiger partial charge < -0.3 is 20.6 Å². The van der Waals surface area contributed by atoms with Crippen LogP contribution in [0.3, 0.4) is 0 Å². The van der Waals surface area contributed by atoms with Crippen LogP contribution >= 0.6 is 34.8 Å². The molecule has 28 heavy (non-hydrogen) atoms. The van der Waals surface area contributed by atoms with Gasteiger partial charge in [0.1, 0.15) is 5.75 Å². The van der Waals surface area contributed by atoms with E-state index in [4.69, 9.17) is 34.8 Å². The molecule has 148 valence electrons. The first kappa shape index (κ1) is 20.6. The number of piperidine rings is 1. The second kappa shape index (κ2) is 8.90. The molecule has 9 heteroatoms. The van der Waals surface area contributed by atoms with E-state index in [-0.39, 0.29) is 29.3 Å². The largest absolute Gasteiger partial charge is 0.506 e. The lowest BCUT2D eigenvalue weighted by atomic mass is 9.96. The minimum absolute atomic E-state index is 0.0452. The van der Waals surface area contributed by atoms with Crippen LogP contribution in [-0.2, 0) is 4.79 Å². The van der Waals surface area contributed by atoms with Crippen LogP contribution in [0.5, 0.6) is 5.75 Å². The molecule has 1 aliphatic heterocycles. The van der Waals surface area contributed by atoms with Crippen LogP contribution in [-0.4, -0.2) is 35.0 Å². The van der Waals surface area contributed by atoms with Gasteiger partial charge in [0.2, 0.25) is 5.91 Å². The smallest absolute Gasteiger partial charge is 0.321 e. The van der Waals surface area contributed by atoms with Crippen LogP contribution in [0.15, 0.2) is 36.4 Å². The summed E-state index contributed by atoms with van der Waals surface area (Å²) in [6, 6.07) is 9.06. The highest BCUT2D eigenvalue weighted by molar-refractivity contribution is 6.42. The lowest BCUT2D eigenvalue weighted by molar-refractivity contribution is -0.121. The van der Waals surface area contributed by atoms with Crippen molar-refractivity contribution in [1.82, 2.24) is 4.90 Å². The van der Waals surface area contributed by atoms with Crippen molar-refractivity contribution in [2.45, 2.75) is 12.8 Å². The van der Waals surface area contributed by atoms with Gasteiger partial charge in [-0.1, -0.05) is 34.8 Å². The fourth-order valence-corrected chi connectivity index (χ4v) is 3.43. The lowest BCUT2D eigenvalue weighted by Gasteiger charge is -2.31. The number of phenols is 1. The topological polar surface area (TPSA) is 81.7 Å². The Morgan fingerprint density at radius 2 is 1.68 bits per heavy atom. The Kier molecular flexibility index (Phi) is 6.54. The number of nitrogens with one attached hydrogen (secondary N) is 2. The zero-order valence-electron chi connectivity index (χ0n) is 14.7. The average molecular weight is 443 g/mol. The second-order valence-corrected chi connectivity index (χ2v) is 7.72. The van der Waals surface area contributed by atoms with E-state index in [1.807, 2.05) is 0 Å². The number of rotatable bonds is 3. The summed E-state index contributed by atoms with van der Waals surface area (Å²) in [4.78, 5) is 26.5. The molecule has 3 N–H and O–H groups in total. The Morgan fingerprint density at radius 3 is 2.36 bits per heavy atom. The van der Waals surface area contributed by atoms with Crippen molar-refractivity contribution in [2.75, 3.05) is 23.7 Å². The molecule has 6 nitrogen and oxygen atoms in total. The summed E-state index contributed by atoms with van der Waals surface area (Å²) in [6.45, 7) is 0.875. The van der Waals surface area contributed by atoms with Gasteiger partial charge in [0.15, 0.2) is 0 Å². The number of aromatic hydroxyl groups is 1. The molecule has 0 aliphatic carbocycles. The summed E-state index contributed by atoms with van der Waals surface area (Å²) < 4.78 is 0. The zero-order valence-corrected chi connectivity index (χ0v) is 17.0. The van der Waals surface area contributed by atoms with Gasteiger partial charge in [-0.25, -0.2) is 4.79 Å². The molecule has 0 saturated carbocycles. The summed E-state index contributed by atoms with van der Waals surface area (Å²) in [5.74, 6) is -0.509. The number of hydrogen-bond acceptors (Lipinski definition) is 3. The van der Waals surface area contributed by atoms with Gasteiger partial charge in [-0.3, -0.25) is 4.79 Å². The van der Waals surface area contributed by atoms with E-state index < -0.39 is 0 Å². The van der Waals surface area contributed by atoms with E-state index in [0.717, 1.165) is 0 Å². The van der Waals surface area contributed by atoms with Crippen molar-refractivity contribution < 1.29 is 14.7 Å². The molecule has 0 bridgehead atoms. The first-order chi connectivity index (χ1) is 13.3. The van der Waals surface area contributed by atoms with E-state index in [9.17, 15) is 14.7 Å². The van der Waals surface area contributed by atoms with E-state index >= 15 is 0 Å². The number of amides is 3. The van der Waals surface area contributed by atoms with Crippen LogP contribution in [0.2, 0.25) is 15.1 Å². The van der Waals surface area contributed by atoms with Gasteiger partial charge in [0.05, 0.1) is 15.7 Å². The summed E-state index contributed by atoms with van der Waals surface area (Å²) in [6.07, 6.45) is 1.03. The molecule has 1 heterocycles. The van der Waals surface area contributed by atoms with Crippen LogP contribution in [0.25, 0.3) is 0 Å². The van der Waals surface area contributed by atoms with Crippen LogP contribution < -0.4 is 10.6 Å². The number of carbonyl (C=O) groups is 2. The van der Waals surface area contributed by atoms with Crippen molar-refractivity contribution in [3.63, 3.8) is 0 Å². The number of carbonyl (C=O) groups excluding carboxylic acids is 2. The molecule has 2 aromatic carbocycles. The maximum Gasteiger partial charge on any atom is 0.321 e. The first-order valence-corrected chi connectivity index (χ1v) is 9.77. The number of hydrogen-bond donors (Lipinski definition) is 3. The molecule has 2 aromatic rings. The Bertz CT molecular complexity index is 899. The summed E-state index contributed by atoms with van der Waals surface area (Å²) >= 11 is 17.7. The molecule has 0 spiro atoms. The van der Waals surface area contributed by atoms with Gasteiger partial charge >= 0.3 is 6.03 Å². The maximum atomic E-state index is 12.5. The van der Waals surface area contributed by atoms with Crippen LogP contribution in [0.4, 0.5) is 16.2 Å². The van der Waals surface area contributed by atoms with Crippen LogP contribution in [0.1, 0.15) is 12.8 Å². The van der Waals surface area contributed by atoms with Crippen molar-refractivity contribution in [3.05, 3.63) is 51.5 Å². The van der Waals surface area contributed by atoms with Gasteiger partial charge in [0.25, 0.3) is 0 Å². The minimum Gasteiger partial charge on any atom is -0.506 e. The van der Waals surface area contributed by atoms with E-state index in [1.165, 1.54) is 18.2 Å². The summed E-state index contributed by atoms with van der Waals surface area (Å²) in [5, 5.41) is 16.5. The third-order valence-electron chi connectivity index (χ3n) is 4.54. The molecule has 1 saturated heterocycles. The van der Waals surface area contributed by atoms with Crippen molar-refractivity contribution in [3.8, 4) is 5.75 Å². The van der Waals surface area contributed by atoms with Crippen molar-refractivity contribution in [1.29, 1.82) is 0 Å². The fourth-order valence-electron chi connectivity index (χ4n) is 2.96. The molecule has 0 radical (unpaired) electrons. The maximum absolute atomic E-state index is 12.5. The highest BCUT2D eigenvalue weighted by Crippen LogP contribution is 2.29. The lowest BCUT2D eigenvalue weighted by Crippen LogP contribution is -2.43. The molecule has 1 fully saturated rings. The van der Waals surface area contributed by atoms with E-state index in [2.05, 4.69) is 10.6 Å². The molecule has 0 atom stereocenters. The molecule has 1 aliphatic rings.